The molecule has 0 aliphatic heterocycles. The summed E-state index contributed by atoms with van der Waals surface area (Å²) in [5, 5.41) is 13.7. The smallest absolute Gasteiger partial charge is 0.270 e. The molecule has 2 rings (SSSR count). The molecule has 0 spiro atoms. The number of carbonyl (C=O) groups is 1. The number of non-ortho nitro benzene ring substituents is 1. The number of hydrogen-bond acceptors (Lipinski definition) is 5. The fourth-order valence-electron chi connectivity index (χ4n) is 3.29. The molecule has 0 saturated heterocycles. The molecule has 36 heavy (non-hydrogen) atoms. The van der Waals surface area contributed by atoms with Gasteiger partial charge in [0.1, 0.15) is 22.7 Å². The van der Waals surface area contributed by atoms with Crippen molar-refractivity contribution in [3.05, 3.63) is 69.8 Å². The van der Waals surface area contributed by atoms with Crippen LogP contribution < -0.4 is 14.8 Å². The Morgan fingerprint density at radius 1 is 1.00 bits per heavy atom. The summed E-state index contributed by atoms with van der Waals surface area (Å²) < 4.78 is 12.5. The molecule has 2 aromatic carbocycles. The van der Waals surface area contributed by atoms with E-state index in [1.54, 1.807) is 18.2 Å². The van der Waals surface area contributed by atoms with Crippen molar-refractivity contribution in [2.45, 2.75) is 84.8 Å². The highest BCUT2D eigenvalue weighted by Crippen LogP contribution is 2.32. The van der Waals surface area contributed by atoms with Crippen LogP contribution in [0.2, 0.25) is 0 Å². The molecular formula is C29H40N2O5. The fourth-order valence-corrected chi connectivity index (χ4v) is 3.29. The zero-order chi connectivity index (χ0) is 26.8. The number of nitrogens with zero attached hydrogens (tertiary/aromatic N) is 1. The van der Waals surface area contributed by atoms with Crippen LogP contribution in [0.3, 0.4) is 0 Å². The first-order valence-corrected chi connectivity index (χ1v) is 12.7. The zero-order valence-corrected chi connectivity index (χ0v) is 22.4. The summed E-state index contributed by atoms with van der Waals surface area (Å²) in [5.74, 6) is 1.42. The van der Waals surface area contributed by atoms with Crippen LogP contribution in [0.5, 0.6) is 11.5 Å². The van der Waals surface area contributed by atoms with Gasteiger partial charge in [0.25, 0.3) is 5.69 Å². The van der Waals surface area contributed by atoms with Crippen molar-refractivity contribution < 1.29 is 19.2 Å². The summed E-state index contributed by atoms with van der Waals surface area (Å²) in [7, 11) is 0. The minimum absolute atomic E-state index is 0.00287. The normalized spacial score (nSPS) is 11.9. The van der Waals surface area contributed by atoms with Gasteiger partial charge in [0, 0.05) is 30.8 Å². The first-order valence-electron chi connectivity index (χ1n) is 12.7. The lowest BCUT2D eigenvalue weighted by Gasteiger charge is -2.29. The van der Waals surface area contributed by atoms with Crippen molar-refractivity contribution in [2.75, 3.05) is 6.54 Å². The van der Waals surface area contributed by atoms with Gasteiger partial charge in [-0.1, -0.05) is 32.0 Å². The van der Waals surface area contributed by atoms with Crippen molar-refractivity contribution in [1.29, 1.82) is 0 Å². The molecule has 0 aliphatic rings. The second kappa shape index (κ2) is 13.1. The summed E-state index contributed by atoms with van der Waals surface area (Å²) in [6.07, 6.45) is 7.28. The van der Waals surface area contributed by atoms with Gasteiger partial charge in [-0.2, -0.15) is 0 Å². The van der Waals surface area contributed by atoms with Crippen LogP contribution in [0.25, 0.3) is 6.08 Å². The van der Waals surface area contributed by atoms with E-state index >= 15 is 0 Å². The minimum Gasteiger partial charge on any atom is -0.488 e. The van der Waals surface area contributed by atoms with E-state index in [0.717, 1.165) is 49.2 Å². The monoisotopic (exact) mass is 496 g/mol. The molecule has 1 N–H and O–H groups in total. The number of nitro groups is 1. The number of nitrogens with one attached hydrogen (secondary N) is 1. The fraction of sp³-hybridized carbons (Fsp3) is 0.483. The van der Waals surface area contributed by atoms with E-state index in [1.165, 1.54) is 18.2 Å². The Bertz CT molecular complexity index is 1060. The summed E-state index contributed by atoms with van der Waals surface area (Å²) in [6.45, 7) is 13.1. The van der Waals surface area contributed by atoms with Crippen molar-refractivity contribution in [3.63, 3.8) is 0 Å². The number of benzene rings is 2. The largest absolute Gasteiger partial charge is 0.488 e. The lowest BCUT2D eigenvalue weighted by atomic mass is 10.0. The third-order valence-corrected chi connectivity index (χ3v) is 6.20. The highest BCUT2D eigenvalue weighted by Gasteiger charge is 2.21. The third-order valence-electron chi connectivity index (χ3n) is 6.20. The van der Waals surface area contributed by atoms with Crippen molar-refractivity contribution >= 4 is 17.7 Å². The summed E-state index contributed by atoms with van der Waals surface area (Å²) in [6, 6.07) is 12.2. The van der Waals surface area contributed by atoms with Gasteiger partial charge in [0.15, 0.2) is 0 Å². The molecule has 1 amide bonds. The Kier molecular flexibility index (Phi) is 10.5. The van der Waals surface area contributed by atoms with Crippen molar-refractivity contribution in [2.24, 2.45) is 0 Å². The maximum absolute atomic E-state index is 12.1. The van der Waals surface area contributed by atoms with E-state index in [0.29, 0.717) is 12.1 Å². The Hall–Kier alpha value is -3.35. The average molecular weight is 497 g/mol. The SMILES string of the molecule is CCC(C)(C)Oc1ccc(CCCCNC(=O)C=Cc2cccc([N+](=O)[O-])c2)c(OC(C)(C)CC)c1. The van der Waals surface area contributed by atoms with Crippen LogP contribution in [0, 0.1) is 10.1 Å². The van der Waals surface area contributed by atoms with E-state index in [4.69, 9.17) is 9.47 Å². The van der Waals surface area contributed by atoms with E-state index in [2.05, 4.69) is 52.9 Å². The van der Waals surface area contributed by atoms with Gasteiger partial charge in [0.05, 0.1) is 4.92 Å². The molecule has 7 nitrogen and oxygen atoms in total. The van der Waals surface area contributed by atoms with E-state index < -0.39 is 4.92 Å². The van der Waals surface area contributed by atoms with Gasteiger partial charge in [0.2, 0.25) is 5.91 Å². The number of rotatable bonds is 14. The van der Waals surface area contributed by atoms with Crippen molar-refractivity contribution in [3.8, 4) is 11.5 Å². The molecule has 0 bridgehead atoms. The minimum atomic E-state index is -0.455. The molecule has 0 unspecified atom stereocenters. The van der Waals surface area contributed by atoms with E-state index in [1.807, 2.05) is 12.1 Å². The summed E-state index contributed by atoms with van der Waals surface area (Å²) in [5.41, 5.74) is 1.19. The number of nitro benzene ring substituents is 1. The van der Waals surface area contributed by atoms with Gasteiger partial charge in [-0.25, -0.2) is 0 Å². The second-order valence-electron chi connectivity index (χ2n) is 10.1. The number of aryl methyl sites for hydroxylation is 1. The van der Waals surface area contributed by atoms with Crippen LogP contribution in [0.4, 0.5) is 5.69 Å². The Labute approximate surface area is 215 Å². The second-order valence-corrected chi connectivity index (χ2v) is 10.1. The molecule has 0 aromatic heterocycles. The van der Waals surface area contributed by atoms with Crippen LogP contribution in [0.1, 0.15) is 78.4 Å². The number of carbonyl (C=O) groups excluding carboxylic acids is 1. The topological polar surface area (TPSA) is 90.7 Å². The number of amides is 1. The maximum atomic E-state index is 12.1. The average Bonchev–Trinajstić information content (AvgIpc) is 2.83. The summed E-state index contributed by atoms with van der Waals surface area (Å²) >= 11 is 0. The van der Waals surface area contributed by atoms with Gasteiger partial charge < -0.3 is 14.8 Å². The molecule has 2 aromatic rings. The van der Waals surface area contributed by atoms with Gasteiger partial charge >= 0.3 is 0 Å². The first-order chi connectivity index (χ1) is 16.9. The third kappa shape index (κ3) is 9.72. The Morgan fingerprint density at radius 3 is 2.36 bits per heavy atom. The zero-order valence-electron chi connectivity index (χ0n) is 22.4. The first kappa shape index (κ1) is 28.9. The van der Waals surface area contributed by atoms with E-state index in [9.17, 15) is 14.9 Å². The standard InChI is InChI=1S/C29H40N2O5/c1-7-28(3,4)35-25-17-16-23(26(21-25)36-29(5,6)8-2)13-9-10-19-30-27(32)18-15-22-12-11-14-24(20-22)31(33)34/h11-12,14-18,20-21H,7-10,13,19H2,1-6H3,(H,30,32). The van der Waals surface area contributed by atoms with Crippen LogP contribution in [-0.2, 0) is 11.2 Å². The number of unbranched alkanes of at least 4 members (excludes halogenated alkanes) is 1. The molecule has 0 fully saturated rings. The predicted molar refractivity (Wildman–Crippen MR) is 145 cm³/mol. The highest BCUT2D eigenvalue weighted by molar-refractivity contribution is 5.91. The highest BCUT2D eigenvalue weighted by atomic mass is 16.6. The molecule has 0 saturated carbocycles. The lowest BCUT2D eigenvalue weighted by Crippen LogP contribution is -2.28. The Balaban J connectivity index is 1.91. The number of ether oxygens (including phenoxy) is 2. The Morgan fingerprint density at radius 2 is 1.69 bits per heavy atom. The van der Waals surface area contributed by atoms with Gasteiger partial charge in [-0.3, -0.25) is 14.9 Å². The van der Waals surface area contributed by atoms with Gasteiger partial charge in [-0.05, 0) is 83.1 Å². The molecule has 0 heterocycles. The van der Waals surface area contributed by atoms with Gasteiger partial charge in [-0.15, -0.1) is 0 Å². The molecule has 0 atom stereocenters. The predicted octanol–water partition coefficient (Wildman–Crippen LogP) is 6.88. The molecule has 196 valence electrons. The lowest BCUT2D eigenvalue weighted by molar-refractivity contribution is -0.384. The number of hydrogen-bond donors (Lipinski definition) is 1. The molecule has 0 radical (unpaired) electrons. The van der Waals surface area contributed by atoms with Crippen LogP contribution in [-0.4, -0.2) is 28.6 Å². The van der Waals surface area contributed by atoms with E-state index in [-0.39, 0.29) is 22.8 Å². The van der Waals surface area contributed by atoms with Crippen molar-refractivity contribution in [1.82, 2.24) is 5.32 Å². The quantitative estimate of drug-likeness (QED) is 0.133. The maximum Gasteiger partial charge on any atom is 0.270 e. The molecular weight excluding hydrogens is 456 g/mol. The van der Waals surface area contributed by atoms with Crippen LogP contribution in [0.15, 0.2) is 48.5 Å². The molecule has 7 heteroatoms. The molecule has 0 aliphatic carbocycles. The van der Waals surface area contributed by atoms with Crippen LogP contribution >= 0.6 is 0 Å². The summed E-state index contributed by atoms with van der Waals surface area (Å²) in [4.78, 5) is 22.5.